The smallest absolute Gasteiger partial charge is 0.287 e. The average Bonchev–Trinajstić information content (AvgIpc) is 3.37. The van der Waals surface area contributed by atoms with Gasteiger partial charge in [-0.2, -0.15) is 0 Å². The Balaban J connectivity index is 1.50. The maximum Gasteiger partial charge on any atom is 0.287 e. The molecule has 0 bridgehead atoms. The van der Waals surface area contributed by atoms with E-state index in [1.165, 1.54) is 0 Å². The summed E-state index contributed by atoms with van der Waals surface area (Å²) in [5.41, 5.74) is 6.20. The number of methoxy groups -OCH3 is 1. The second-order valence-electron chi connectivity index (χ2n) is 9.85. The van der Waals surface area contributed by atoms with E-state index in [0.717, 1.165) is 61.8 Å². The third-order valence-corrected chi connectivity index (χ3v) is 8.60. The van der Waals surface area contributed by atoms with Crippen LogP contribution < -0.4 is 20.5 Å². The Morgan fingerprint density at radius 3 is 2.85 bits per heavy atom. The van der Waals surface area contributed by atoms with Gasteiger partial charge >= 0.3 is 0 Å². The van der Waals surface area contributed by atoms with Crippen LogP contribution in [0.25, 0.3) is 10.8 Å². The summed E-state index contributed by atoms with van der Waals surface area (Å²) in [6, 6.07) is 12.0. The zero-order valence-electron chi connectivity index (χ0n) is 22.8. The number of hydrogen-bond acceptors (Lipinski definition) is 6. The first-order chi connectivity index (χ1) is 18.8. The van der Waals surface area contributed by atoms with Crippen LogP contribution in [-0.2, 0) is 18.4 Å². The van der Waals surface area contributed by atoms with Crippen molar-refractivity contribution in [1.29, 1.82) is 0 Å². The van der Waals surface area contributed by atoms with Crippen molar-refractivity contribution in [2.45, 2.75) is 33.8 Å². The molecule has 0 saturated carbocycles. The molecule has 1 amide bonds. The van der Waals surface area contributed by atoms with Gasteiger partial charge in [0.2, 0.25) is 0 Å². The Hall–Kier alpha value is -3.46. The summed E-state index contributed by atoms with van der Waals surface area (Å²) in [6.45, 7) is 7.27. The van der Waals surface area contributed by atoms with Crippen molar-refractivity contribution in [1.82, 2.24) is 0 Å². The summed E-state index contributed by atoms with van der Waals surface area (Å²) in [4.78, 5) is 19.4. The quantitative estimate of drug-likeness (QED) is 0.201. The van der Waals surface area contributed by atoms with E-state index in [2.05, 4.69) is 40.9 Å². The Bertz CT molecular complexity index is 1600. The molecule has 5 rings (SSSR count). The molecular formula is C30H33ClN5O2S+. The van der Waals surface area contributed by atoms with Crippen LogP contribution in [0.2, 0.25) is 5.02 Å². The number of aromatic nitrogens is 1. The zero-order valence-corrected chi connectivity index (χ0v) is 24.4. The topological polar surface area (TPSA) is 78.6 Å². The predicted octanol–water partition coefficient (Wildman–Crippen LogP) is 7.05. The molecule has 0 spiro atoms. The summed E-state index contributed by atoms with van der Waals surface area (Å²) < 4.78 is 7.32. The van der Waals surface area contributed by atoms with E-state index in [0.29, 0.717) is 29.8 Å². The third kappa shape index (κ3) is 5.24. The van der Waals surface area contributed by atoms with Gasteiger partial charge in [-0.25, -0.2) is 9.88 Å². The molecule has 2 aromatic heterocycles. The summed E-state index contributed by atoms with van der Waals surface area (Å²) >= 11 is 7.92. The Morgan fingerprint density at radius 1 is 1.26 bits per heavy atom. The number of aryl methyl sites for hydroxylation is 2. The molecule has 0 fully saturated rings. The van der Waals surface area contributed by atoms with E-state index in [9.17, 15) is 4.79 Å². The number of carbonyl (C=O) groups is 1. The van der Waals surface area contributed by atoms with E-state index < -0.39 is 0 Å². The lowest BCUT2D eigenvalue weighted by Gasteiger charge is -2.20. The number of ether oxygens (including phenoxy) is 1. The number of nitrogens with zero attached hydrogens (tertiary/aromatic N) is 2. The third-order valence-electron chi connectivity index (χ3n) is 7.23. The first kappa shape index (κ1) is 27.1. The van der Waals surface area contributed by atoms with E-state index in [1.807, 2.05) is 60.4 Å². The maximum absolute atomic E-state index is 13.6. The van der Waals surface area contributed by atoms with Gasteiger partial charge < -0.3 is 15.4 Å². The monoisotopic (exact) mass is 562 g/mol. The molecule has 7 nitrogen and oxygen atoms in total. The van der Waals surface area contributed by atoms with Crippen LogP contribution in [0.4, 0.5) is 22.9 Å². The minimum absolute atomic E-state index is 0.134. The van der Waals surface area contributed by atoms with Gasteiger partial charge in [0.15, 0.2) is 0 Å². The van der Waals surface area contributed by atoms with Crippen LogP contribution in [0, 0.1) is 12.8 Å². The van der Waals surface area contributed by atoms with Gasteiger partial charge in [-0.05, 0) is 55.2 Å². The van der Waals surface area contributed by atoms with E-state index in [1.54, 1.807) is 18.4 Å². The highest BCUT2D eigenvalue weighted by Crippen LogP contribution is 2.36. The molecule has 1 aliphatic heterocycles. The second-order valence-corrected chi connectivity index (χ2v) is 11.1. The Labute approximate surface area is 237 Å². The van der Waals surface area contributed by atoms with E-state index in [-0.39, 0.29) is 5.91 Å². The highest BCUT2D eigenvalue weighted by molar-refractivity contribution is 7.13. The number of nitrogens with one attached hydrogen (secondary N) is 3. The summed E-state index contributed by atoms with van der Waals surface area (Å²) in [5, 5.41) is 14.6. The first-order valence-corrected chi connectivity index (χ1v) is 14.3. The second kappa shape index (κ2) is 11.3. The highest BCUT2D eigenvalue weighted by atomic mass is 35.5. The largest absolute Gasteiger partial charge is 0.380 e. The van der Waals surface area contributed by atoms with Crippen LogP contribution in [0.5, 0.6) is 0 Å². The van der Waals surface area contributed by atoms with Gasteiger partial charge in [0.1, 0.15) is 12.4 Å². The fraction of sp³-hybridized carbons (Fsp3) is 0.300. The van der Waals surface area contributed by atoms with Gasteiger partial charge in [0.05, 0.1) is 52.8 Å². The number of benzene rings is 2. The number of aliphatic imine (C=N–C) groups is 1. The van der Waals surface area contributed by atoms with Crippen LogP contribution in [0.1, 0.15) is 46.6 Å². The number of hydrogen-bond donors (Lipinski definition) is 3. The van der Waals surface area contributed by atoms with Crippen LogP contribution in [0.15, 0.2) is 53.0 Å². The molecule has 0 aliphatic carbocycles. The lowest BCUT2D eigenvalue weighted by atomic mass is 9.99. The molecule has 0 radical (unpaired) electrons. The number of rotatable bonds is 8. The van der Waals surface area contributed by atoms with E-state index >= 15 is 0 Å². The predicted molar refractivity (Wildman–Crippen MR) is 162 cm³/mol. The lowest BCUT2D eigenvalue weighted by Crippen LogP contribution is -2.31. The van der Waals surface area contributed by atoms with Crippen molar-refractivity contribution >= 4 is 68.2 Å². The number of thiophene rings is 1. The molecular weight excluding hydrogens is 530 g/mol. The highest BCUT2D eigenvalue weighted by Gasteiger charge is 2.26. The standard InChI is InChI=1S/C30H32ClN5O2S/c1-6-17(2)26-28-27(33-16-32-26)23(15-39-28)30(37)35-25-18(3)7-9-22-21(25)11-12-36(4)29(22)34-20-8-10-24(31)19(13-20)14-38-5/h7-13,15,17H,6,14,16H2,1-5H3,(H2,32,33,35,37)/p+1. The average molecular weight is 563 g/mol. The number of amides is 1. The van der Waals surface area contributed by atoms with Crippen molar-refractivity contribution in [3.63, 3.8) is 0 Å². The molecule has 1 aliphatic rings. The number of carbonyl (C=O) groups excluding carboxylic acids is 1. The molecule has 3 N–H and O–H groups in total. The first-order valence-electron chi connectivity index (χ1n) is 13.0. The number of fused-ring (bicyclic) bond motifs is 2. The molecule has 202 valence electrons. The van der Waals surface area contributed by atoms with Crippen LogP contribution in [0.3, 0.4) is 0 Å². The number of pyridine rings is 1. The van der Waals surface area contributed by atoms with Gasteiger partial charge in [-0.3, -0.25) is 9.79 Å². The van der Waals surface area contributed by atoms with Gasteiger partial charge in [0, 0.05) is 28.5 Å². The fourth-order valence-corrected chi connectivity index (χ4v) is 6.17. The van der Waals surface area contributed by atoms with Gasteiger partial charge in [0.25, 0.3) is 11.7 Å². The molecule has 9 heteroatoms. The lowest BCUT2D eigenvalue weighted by molar-refractivity contribution is -0.655. The van der Waals surface area contributed by atoms with Crippen molar-refractivity contribution in [3.05, 3.63) is 74.6 Å². The molecule has 39 heavy (non-hydrogen) atoms. The summed E-state index contributed by atoms with van der Waals surface area (Å²) in [6.07, 6.45) is 3.00. The molecule has 3 heterocycles. The van der Waals surface area contributed by atoms with Crippen LogP contribution >= 0.6 is 22.9 Å². The van der Waals surface area contributed by atoms with Gasteiger partial charge in [-0.15, -0.1) is 11.3 Å². The molecule has 0 saturated heterocycles. The normalized spacial score (nSPS) is 13.4. The van der Waals surface area contributed by atoms with E-state index in [4.69, 9.17) is 16.3 Å². The van der Waals surface area contributed by atoms with Crippen molar-refractivity contribution in [3.8, 4) is 0 Å². The van der Waals surface area contributed by atoms with Crippen molar-refractivity contribution < 1.29 is 14.1 Å². The Morgan fingerprint density at radius 2 is 2.08 bits per heavy atom. The molecule has 2 aromatic carbocycles. The van der Waals surface area contributed by atoms with Crippen LogP contribution in [-0.4, -0.2) is 25.4 Å². The minimum atomic E-state index is -0.134. The molecule has 1 atom stereocenters. The molecule has 4 aromatic rings. The summed E-state index contributed by atoms with van der Waals surface area (Å²) in [7, 11) is 3.64. The SMILES string of the molecule is CCC(C)C1=NCNc2c(C(=O)Nc3c(C)ccc4c(Nc5ccc(Cl)c(COC)c5)[n+](C)ccc34)csc21. The number of halogens is 1. The van der Waals surface area contributed by atoms with Crippen molar-refractivity contribution in [2.75, 3.05) is 29.7 Å². The number of anilines is 4. The summed E-state index contributed by atoms with van der Waals surface area (Å²) in [5.74, 6) is 1.11. The zero-order chi connectivity index (χ0) is 27.7. The minimum Gasteiger partial charge on any atom is -0.380 e. The maximum atomic E-state index is 13.6. The van der Waals surface area contributed by atoms with Gasteiger partial charge in [-0.1, -0.05) is 31.5 Å². The fourth-order valence-electron chi connectivity index (χ4n) is 4.85. The Kier molecular flexibility index (Phi) is 7.88. The molecule has 1 unspecified atom stereocenters. The van der Waals surface area contributed by atoms with Crippen molar-refractivity contribution in [2.24, 2.45) is 18.0 Å².